The van der Waals surface area contributed by atoms with Gasteiger partial charge in [-0.25, -0.2) is 9.79 Å². The first-order valence-corrected chi connectivity index (χ1v) is 9.80. The first-order chi connectivity index (χ1) is 14.5. The van der Waals surface area contributed by atoms with E-state index in [0.717, 1.165) is 4.57 Å². The number of nitro benzene ring substituents is 1. The summed E-state index contributed by atoms with van der Waals surface area (Å²) in [6.45, 7) is 5.66. The third-order valence-electron chi connectivity index (χ3n) is 5.32. The van der Waals surface area contributed by atoms with Crippen LogP contribution in [0.4, 0.5) is 11.5 Å². The van der Waals surface area contributed by atoms with Gasteiger partial charge in [0, 0.05) is 37.9 Å². The molecular weight excluding hydrogens is 404 g/mol. The third kappa shape index (κ3) is 3.92. The summed E-state index contributed by atoms with van der Waals surface area (Å²) in [5.41, 5.74) is -0.132. The van der Waals surface area contributed by atoms with Crippen molar-refractivity contribution < 1.29 is 14.5 Å². The number of carbonyl (C=O) groups is 1. The van der Waals surface area contributed by atoms with Crippen LogP contribution in [0.25, 0.3) is 0 Å². The van der Waals surface area contributed by atoms with E-state index in [1.165, 1.54) is 42.9 Å². The molecule has 0 aliphatic carbocycles. The number of hydrogen-bond donors (Lipinski definition) is 0. The second-order valence-corrected chi connectivity index (χ2v) is 8.02. The van der Waals surface area contributed by atoms with Crippen LogP contribution in [0, 0.1) is 22.0 Å². The molecule has 0 saturated carbocycles. The van der Waals surface area contributed by atoms with Crippen molar-refractivity contribution in [2.75, 3.05) is 6.61 Å². The van der Waals surface area contributed by atoms with Crippen LogP contribution in [0.3, 0.4) is 0 Å². The zero-order valence-electron chi connectivity index (χ0n) is 18.0. The lowest BCUT2D eigenvalue weighted by Crippen LogP contribution is -2.44. The van der Waals surface area contributed by atoms with Gasteiger partial charge in [0.2, 0.25) is 0 Å². The molecule has 0 spiro atoms. The van der Waals surface area contributed by atoms with E-state index in [1.807, 2.05) is 13.8 Å². The number of nitrogens with zero attached hydrogens (tertiary/aromatic N) is 4. The van der Waals surface area contributed by atoms with E-state index < -0.39 is 34.0 Å². The Kier molecular flexibility index (Phi) is 5.92. The first kappa shape index (κ1) is 22.1. The maximum absolute atomic E-state index is 13.1. The Labute approximate surface area is 178 Å². The van der Waals surface area contributed by atoms with Crippen molar-refractivity contribution in [1.82, 2.24) is 9.13 Å². The van der Waals surface area contributed by atoms with Gasteiger partial charge >= 0.3 is 11.7 Å². The highest BCUT2D eigenvalue weighted by atomic mass is 16.6. The minimum atomic E-state index is -0.905. The van der Waals surface area contributed by atoms with Crippen molar-refractivity contribution in [3.8, 4) is 0 Å². The number of aliphatic imine (C=N–C) groups is 1. The van der Waals surface area contributed by atoms with Gasteiger partial charge in [-0.3, -0.25) is 28.8 Å². The molecule has 0 saturated heterocycles. The minimum Gasteiger partial charge on any atom is -0.465 e. The zero-order chi connectivity index (χ0) is 23.0. The monoisotopic (exact) mass is 428 g/mol. The number of ether oxygens (including phenoxy) is 1. The van der Waals surface area contributed by atoms with Crippen LogP contribution < -0.4 is 11.2 Å². The summed E-state index contributed by atoms with van der Waals surface area (Å²) in [6, 6.07) is 5.66. The van der Waals surface area contributed by atoms with Crippen LogP contribution in [0.5, 0.6) is 0 Å². The Bertz CT molecular complexity index is 1190. The molecule has 1 aliphatic rings. The van der Waals surface area contributed by atoms with E-state index >= 15 is 0 Å². The average molecular weight is 428 g/mol. The molecule has 0 bridgehead atoms. The van der Waals surface area contributed by atoms with Crippen LogP contribution in [0.15, 0.2) is 38.8 Å². The van der Waals surface area contributed by atoms with E-state index in [2.05, 4.69) is 4.99 Å². The number of hydrogen-bond acceptors (Lipinski definition) is 7. The summed E-state index contributed by atoms with van der Waals surface area (Å²) < 4.78 is 7.68. The molecule has 2 unspecified atom stereocenters. The van der Waals surface area contributed by atoms with Crippen molar-refractivity contribution in [3.63, 3.8) is 0 Å². The second-order valence-electron chi connectivity index (χ2n) is 8.02. The quantitative estimate of drug-likeness (QED) is 0.408. The van der Waals surface area contributed by atoms with Gasteiger partial charge in [-0.2, -0.15) is 0 Å². The topological polar surface area (TPSA) is 126 Å². The maximum atomic E-state index is 13.1. The molecule has 10 nitrogen and oxygen atoms in total. The predicted octanol–water partition coefficient (Wildman–Crippen LogP) is 2.05. The Morgan fingerprint density at radius 3 is 2.35 bits per heavy atom. The lowest BCUT2D eigenvalue weighted by Gasteiger charge is -2.31. The Hall–Kier alpha value is -3.56. The first-order valence-electron chi connectivity index (χ1n) is 9.80. The summed E-state index contributed by atoms with van der Waals surface area (Å²) >= 11 is 0. The molecule has 0 N–H and O–H groups in total. The predicted molar refractivity (Wildman–Crippen MR) is 114 cm³/mol. The molecule has 2 atom stereocenters. The molecular formula is C21H24N4O6. The highest BCUT2D eigenvalue weighted by Gasteiger charge is 2.42. The Morgan fingerprint density at radius 1 is 1.19 bits per heavy atom. The van der Waals surface area contributed by atoms with Gasteiger partial charge in [-0.05, 0) is 18.4 Å². The van der Waals surface area contributed by atoms with Crippen molar-refractivity contribution in [2.45, 2.75) is 26.7 Å². The van der Waals surface area contributed by atoms with Gasteiger partial charge < -0.3 is 4.74 Å². The smallest absolute Gasteiger partial charge is 0.332 e. The molecule has 0 amide bonds. The molecule has 164 valence electrons. The number of fused-ring (bicyclic) bond motifs is 1. The van der Waals surface area contributed by atoms with Gasteiger partial charge in [0.05, 0.1) is 17.1 Å². The van der Waals surface area contributed by atoms with Crippen LogP contribution in [-0.2, 0) is 23.6 Å². The minimum absolute atomic E-state index is 0.113. The molecule has 1 aromatic carbocycles. The van der Waals surface area contributed by atoms with Gasteiger partial charge in [0.15, 0.2) is 0 Å². The summed E-state index contributed by atoms with van der Waals surface area (Å²) in [5.74, 6) is -1.97. The van der Waals surface area contributed by atoms with Gasteiger partial charge in [0.25, 0.3) is 11.2 Å². The van der Waals surface area contributed by atoms with Gasteiger partial charge in [-0.15, -0.1) is 0 Å². The summed E-state index contributed by atoms with van der Waals surface area (Å²) in [6.07, 6.45) is 0. The number of carbonyl (C=O) groups excluding carboxylic acids is 1. The van der Waals surface area contributed by atoms with Crippen molar-refractivity contribution in [3.05, 3.63) is 66.3 Å². The number of benzene rings is 1. The lowest BCUT2D eigenvalue weighted by molar-refractivity contribution is -0.384. The number of rotatable bonds is 5. The molecule has 1 aliphatic heterocycles. The molecule has 31 heavy (non-hydrogen) atoms. The summed E-state index contributed by atoms with van der Waals surface area (Å²) in [5, 5.41) is 11.1. The van der Waals surface area contributed by atoms with Gasteiger partial charge in [0.1, 0.15) is 11.7 Å². The third-order valence-corrected chi connectivity index (χ3v) is 5.32. The number of esters is 1. The fourth-order valence-corrected chi connectivity index (χ4v) is 3.72. The van der Waals surface area contributed by atoms with Crippen LogP contribution in [0.1, 0.15) is 37.8 Å². The normalized spacial score (nSPS) is 17.8. The van der Waals surface area contributed by atoms with Crippen molar-refractivity contribution in [1.29, 1.82) is 0 Å². The lowest BCUT2D eigenvalue weighted by atomic mass is 9.77. The Balaban J connectivity index is 2.26. The molecule has 2 aromatic rings. The van der Waals surface area contributed by atoms with Crippen LogP contribution >= 0.6 is 0 Å². The fourth-order valence-electron chi connectivity index (χ4n) is 3.72. The van der Waals surface area contributed by atoms with E-state index in [1.54, 1.807) is 6.92 Å². The average Bonchev–Trinajstić information content (AvgIpc) is 2.73. The molecule has 0 fully saturated rings. The molecule has 10 heteroatoms. The van der Waals surface area contributed by atoms with Crippen molar-refractivity contribution in [2.24, 2.45) is 30.9 Å². The van der Waals surface area contributed by atoms with Crippen LogP contribution in [0.2, 0.25) is 0 Å². The largest absolute Gasteiger partial charge is 0.465 e. The summed E-state index contributed by atoms with van der Waals surface area (Å²) in [4.78, 5) is 53.5. The SMILES string of the molecule is CC1=Nc2c(c(=O)n(C)c(=O)n2C)C(c2ccc([N+](=O)[O-])cc2)C1C(=O)OCC(C)C. The number of non-ortho nitro benzene ring substituents is 1. The van der Waals surface area contributed by atoms with Crippen molar-refractivity contribution >= 4 is 23.2 Å². The van der Waals surface area contributed by atoms with E-state index in [0.29, 0.717) is 11.3 Å². The van der Waals surface area contributed by atoms with E-state index in [4.69, 9.17) is 4.74 Å². The highest BCUT2D eigenvalue weighted by molar-refractivity contribution is 6.04. The molecule has 0 radical (unpaired) electrons. The number of nitro groups is 1. The maximum Gasteiger partial charge on any atom is 0.332 e. The standard InChI is InChI=1S/C21H24N4O6/c1-11(2)10-31-20(27)15-12(3)22-18-17(19(26)24(5)21(28)23(18)4)16(15)13-6-8-14(9-7-13)25(29)30/h6-9,11,15-16H,10H2,1-5H3. The second kappa shape index (κ2) is 8.29. The highest BCUT2D eigenvalue weighted by Crippen LogP contribution is 2.41. The zero-order valence-corrected chi connectivity index (χ0v) is 18.0. The molecule has 3 rings (SSSR count). The van der Waals surface area contributed by atoms with Crippen LogP contribution in [-0.4, -0.2) is 32.3 Å². The van der Waals surface area contributed by atoms with E-state index in [-0.39, 0.29) is 29.6 Å². The van der Waals surface area contributed by atoms with E-state index in [9.17, 15) is 24.5 Å². The fraction of sp³-hybridized carbons (Fsp3) is 0.429. The van der Waals surface area contributed by atoms with Gasteiger partial charge in [-0.1, -0.05) is 26.0 Å². The molecule has 2 heterocycles. The summed E-state index contributed by atoms with van der Waals surface area (Å²) in [7, 11) is 2.86. The molecule has 1 aromatic heterocycles. The number of aromatic nitrogens is 2. The Morgan fingerprint density at radius 2 is 1.81 bits per heavy atom.